The van der Waals surface area contributed by atoms with Gasteiger partial charge in [0.25, 0.3) is 5.91 Å². The van der Waals surface area contributed by atoms with Gasteiger partial charge in [-0.2, -0.15) is 0 Å². The van der Waals surface area contributed by atoms with Crippen molar-refractivity contribution >= 4 is 5.91 Å². The molecule has 20 heavy (non-hydrogen) atoms. The first-order valence-electron chi connectivity index (χ1n) is 7.39. The van der Waals surface area contributed by atoms with Crippen LogP contribution in [-0.2, 0) is 0 Å². The van der Waals surface area contributed by atoms with Crippen LogP contribution >= 0.6 is 0 Å². The summed E-state index contributed by atoms with van der Waals surface area (Å²) in [5.41, 5.74) is 6.47. The number of likely N-dealkylation sites (tertiary alicyclic amines) is 1. The van der Waals surface area contributed by atoms with Crippen molar-refractivity contribution in [2.24, 2.45) is 11.7 Å². The fourth-order valence-corrected chi connectivity index (χ4v) is 2.68. The number of hydrogen-bond donors (Lipinski definition) is 1. The Hall–Kier alpha value is -1.55. The van der Waals surface area contributed by atoms with Crippen LogP contribution in [0.25, 0.3) is 0 Å². The van der Waals surface area contributed by atoms with Gasteiger partial charge in [-0.3, -0.25) is 4.79 Å². The maximum atomic E-state index is 12.6. The molecule has 1 amide bonds. The van der Waals surface area contributed by atoms with Gasteiger partial charge in [-0.25, -0.2) is 0 Å². The number of hydrogen-bond acceptors (Lipinski definition) is 3. The van der Waals surface area contributed by atoms with Crippen LogP contribution < -0.4 is 10.5 Å². The molecule has 0 saturated carbocycles. The molecule has 1 aromatic rings. The van der Waals surface area contributed by atoms with Crippen LogP contribution in [0.4, 0.5) is 0 Å². The van der Waals surface area contributed by atoms with Gasteiger partial charge in [0.2, 0.25) is 0 Å². The quantitative estimate of drug-likeness (QED) is 0.918. The molecule has 1 heterocycles. The van der Waals surface area contributed by atoms with Crippen molar-refractivity contribution in [1.82, 2.24) is 4.90 Å². The number of amides is 1. The summed E-state index contributed by atoms with van der Waals surface area (Å²) in [6.07, 6.45) is 2.15. The van der Waals surface area contributed by atoms with E-state index >= 15 is 0 Å². The van der Waals surface area contributed by atoms with Crippen LogP contribution in [0.1, 0.15) is 37.0 Å². The molecule has 1 saturated heterocycles. The number of rotatable bonds is 4. The summed E-state index contributed by atoms with van der Waals surface area (Å²) in [7, 11) is 0. The molecule has 2 N–H and O–H groups in total. The summed E-state index contributed by atoms with van der Waals surface area (Å²) in [5.74, 6) is 1.33. The van der Waals surface area contributed by atoms with E-state index in [-0.39, 0.29) is 11.9 Å². The highest BCUT2D eigenvalue weighted by atomic mass is 16.5. The lowest BCUT2D eigenvalue weighted by Crippen LogP contribution is -2.47. The van der Waals surface area contributed by atoms with Gasteiger partial charge in [-0.1, -0.05) is 0 Å². The second kappa shape index (κ2) is 6.75. The Labute approximate surface area is 120 Å². The Morgan fingerprint density at radius 1 is 1.35 bits per heavy atom. The maximum absolute atomic E-state index is 12.6. The molecule has 0 spiro atoms. The van der Waals surface area contributed by atoms with Crippen molar-refractivity contribution in [2.45, 2.75) is 32.7 Å². The fourth-order valence-electron chi connectivity index (χ4n) is 2.68. The van der Waals surface area contributed by atoms with Crippen LogP contribution in [0.5, 0.6) is 5.75 Å². The standard InChI is InChI=1S/C16H24N2O2/c1-3-20-15-8-6-14(7-9-15)16(19)18-11-13(10-17)5-4-12(18)2/h6-9,12-13H,3-5,10-11,17H2,1-2H3. The number of carbonyl (C=O) groups excluding carboxylic acids is 1. The first-order chi connectivity index (χ1) is 9.65. The first kappa shape index (κ1) is 14.9. The summed E-state index contributed by atoms with van der Waals surface area (Å²) in [6, 6.07) is 7.67. The predicted molar refractivity (Wildman–Crippen MR) is 79.9 cm³/mol. The molecule has 1 aliphatic heterocycles. The summed E-state index contributed by atoms with van der Waals surface area (Å²) >= 11 is 0. The SMILES string of the molecule is CCOc1ccc(C(=O)N2CC(CN)CCC2C)cc1. The molecule has 0 bridgehead atoms. The van der Waals surface area contributed by atoms with Gasteiger partial charge in [0.1, 0.15) is 5.75 Å². The Bertz CT molecular complexity index is 444. The average Bonchev–Trinajstić information content (AvgIpc) is 2.48. The first-order valence-corrected chi connectivity index (χ1v) is 7.39. The molecular weight excluding hydrogens is 252 g/mol. The van der Waals surface area contributed by atoms with Gasteiger partial charge in [0.15, 0.2) is 0 Å². The molecule has 2 unspecified atom stereocenters. The van der Waals surface area contributed by atoms with Crippen LogP contribution in [0.2, 0.25) is 0 Å². The minimum Gasteiger partial charge on any atom is -0.494 e. The van der Waals surface area contributed by atoms with Gasteiger partial charge in [0, 0.05) is 18.2 Å². The molecular formula is C16H24N2O2. The van der Waals surface area contributed by atoms with Gasteiger partial charge in [-0.05, 0) is 63.4 Å². The third-order valence-electron chi connectivity index (χ3n) is 3.99. The van der Waals surface area contributed by atoms with Gasteiger partial charge < -0.3 is 15.4 Å². The normalized spacial score (nSPS) is 22.6. The van der Waals surface area contributed by atoms with Crippen LogP contribution in [-0.4, -0.2) is 36.5 Å². The lowest BCUT2D eigenvalue weighted by atomic mass is 9.93. The zero-order valence-corrected chi connectivity index (χ0v) is 12.3. The molecule has 1 aromatic carbocycles. The topological polar surface area (TPSA) is 55.6 Å². The van der Waals surface area contributed by atoms with E-state index in [1.165, 1.54) is 0 Å². The molecule has 1 fully saturated rings. The smallest absolute Gasteiger partial charge is 0.254 e. The van der Waals surface area contributed by atoms with Crippen LogP contribution in [0, 0.1) is 5.92 Å². The van der Waals surface area contributed by atoms with Crippen molar-refractivity contribution in [3.8, 4) is 5.75 Å². The monoisotopic (exact) mass is 276 g/mol. The van der Waals surface area contributed by atoms with Crippen molar-refractivity contribution < 1.29 is 9.53 Å². The Balaban J connectivity index is 2.08. The summed E-state index contributed by atoms with van der Waals surface area (Å²) in [6.45, 7) is 6.11. The number of ether oxygens (including phenoxy) is 1. The number of carbonyl (C=O) groups is 1. The second-order valence-corrected chi connectivity index (χ2v) is 5.44. The second-order valence-electron chi connectivity index (χ2n) is 5.44. The van der Waals surface area contributed by atoms with E-state index in [1.807, 2.05) is 36.1 Å². The van der Waals surface area contributed by atoms with Gasteiger partial charge in [-0.15, -0.1) is 0 Å². The molecule has 2 atom stereocenters. The van der Waals surface area contributed by atoms with Gasteiger partial charge in [0.05, 0.1) is 6.61 Å². The molecule has 4 nitrogen and oxygen atoms in total. The fraction of sp³-hybridized carbons (Fsp3) is 0.562. The van der Waals surface area contributed by atoms with Crippen LogP contribution in [0.3, 0.4) is 0 Å². The van der Waals surface area contributed by atoms with E-state index in [2.05, 4.69) is 6.92 Å². The van der Waals surface area contributed by atoms with E-state index in [1.54, 1.807) is 0 Å². The Morgan fingerprint density at radius 3 is 2.65 bits per heavy atom. The number of nitrogens with zero attached hydrogens (tertiary/aromatic N) is 1. The van der Waals surface area contributed by atoms with Crippen LogP contribution in [0.15, 0.2) is 24.3 Å². The summed E-state index contributed by atoms with van der Waals surface area (Å²) < 4.78 is 5.40. The molecule has 0 aromatic heterocycles. The van der Waals surface area contributed by atoms with E-state index in [4.69, 9.17) is 10.5 Å². The largest absolute Gasteiger partial charge is 0.494 e. The third-order valence-corrected chi connectivity index (χ3v) is 3.99. The minimum absolute atomic E-state index is 0.0960. The molecule has 110 valence electrons. The highest BCUT2D eigenvalue weighted by Crippen LogP contribution is 2.23. The molecule has 0 radical (unpaired) electrons. The lowest BCUT2D eigenvalue weighted by molar-refractivity contribution is 0.0567. The molecule has 1 aliphatic rings. The van der Waals surface area contributed by atoms with Crippen molar-refractivity contribution in [1.29, 1.82) is 0 Å². The summed E-state index contributed by atoms with van der Waals surface area (Å²) in [5, 5.41) is 0. The number of nitrogens with two attached hydrogens (primary N) is 1. The predicted octanol–water partition coefficient (Wildman–Crippen LogP) is 2.28. The molecule has 0 aliphatic carbocycles. The zero-order chi connectivity index (χ0) is 14.5. The third kappa shape index (κ3) is 3.31. The van der Waals surface area contributed by atoms with E-state index in [9.17, 15) is 4.79 Å². The number of benzene rings is 1. The van der Waals surface area contributed by atoms with Crippen molar-refractivity contribution in [3.63, 3.8) is 0 Å². The maximum Gasteiger partial charge on any atom is 0.254 e. The summed E-state index contributed by atoms with van der Waals surface area (Å²) in [4.78, 5) is 14.5. The average molecular weight is 276 g/mol. The number of piperidine rings is 1. The Kier molecular flexibility index (Phi) is 5.01. The molecule has 4 heteroatoms. The highest BCUT2D eigenvalue weighted by molar-refractivity contribution is 5.94. The van der Waals surface area contributed by atoms with Crippen molar-refractivity contribution in [2.75, 3.05) is 19.7 Å². The van der Waals surface area contributed by atoms with E-state index < -0.39 is 0 Å². The van der Waals surface area contributed by atoms with Crippen molar-refractivity contribution in [3.05, 3.63) is 29.8 Å². The van der Waals surface area contributed by atoms with E-state index in [0.29, 0.717) is 19.1 Å². The van der Waals surface area contributed by atoms with E-state index in [0.717, 1.165) is 30.7 Å². The Morgan fingerprint density at radius 2 is 2.05 bits per heavy atom. The zero-order valence-electron chi connectivity index (χ0n) is 12.3. The lowest BCUT2D eigenvalue weighted by Gasteiger charge is -2.37. The highest BCUT2D eigenvalue weighted by Gasteiger charge is 2.28. The van der Waals surface area contributed by atoms with Gasteiger partial charge >= 0.3 is 0 Å². The molecule has 2 rings (SSSR count). The minimum atomic E-state index is 0.0960.